The zero-order valence-corrected chi connectivity index (χ0v) is 38.2. The number of nitrogens with zero attached hydrogens (tertiary/aromatic N) is 2. The highest BCUT2D eigenvalue weighted by Crippen LogP contribution is 2.24. The van der Waals surface area contributed by atoms with E-state index in [9.17, 15) is 0 Å². The number of rotatable bonds is 46. The number of unbranched alkanes of at least 4 members (excludes halogenated alkanes) is 40. The topological polar surface area (TPSA) is 6.48 Å². The normalized spacial score (nSPS) is 14.3. The van der Waals surface area contributed by atoms with E-state index in [2.05, 4.69) is 43.0 Å². The van der Waals surface area contributed by atoms with Crippen molar-refractivity contribution in [1.29, 1.82) is 0 Å². The molecule has 1 rings (SSSR count). The summed E-state index contributed by atoms with van der Waals surface area (Å²) in [6, 6.07) is 0. The minimum atomic E-state index is 0.635. The van der Waals surface area contributed by atoms with Crippen LogP contribution in [0.4, 0.5) is 0 Å². The van der Waals surface area contributed by atoms with Gasteiger partial charge in [0.25, 0.3) is 0 Å². The van der Waals surface area contributed by atoms with Gasteiger partial charge in [-0.1, -0.05) is 278 Å². The first-order valence-electron chi connectivity index (χ1n) is 26.0. The van der Waals surface area contributed by atoms with Crippen molar-refractivity contribution < 1.29 is 0 Å². The second kappa shape index (κ2) is 43.5. The van der Waals surface area contributed by atoms with Crippen LogP contribution in [-0.4, -0.2) is 29.1 Å². The monoisotopic (exact) mass is 757 g/mol. The van der Waals surface area contributed by atoms with Crippen LogP contribution in [0, 0.1) is 0 Å². The molecule has 2 nitrogen and oxygen atoms in total. The van der Waals surface area contributed by atoms with E-state index in [1.807, 2.05) is 0 Å². The summed E-state index contributed by atoms with van der Waals surface area (Å²) in [7, 11) is 0. The summed E-state index contributed by atoms with van der Waals surface area (Å²) in [5, 5.41) is 0. The highest BCUT2D eigenvalue weighted by Gasteiger charge is 2.25. The van der Waals surface area contributed by atoms with E-state index >= 15 is 0 Å². The molecule has 2 heteroatoms. The molecule has 0 aliphatic carbocycles. The quantitative estimate of drug-likeness (QED) is 0.0571. The van der Waals surface area contributed by atoms with Crippen molar-refractivity contribution in [2.24, 2.45) is 0 Å². The van der Waals surface area contributed by atoms with Crippen molar-refractivity contribution in [2.75, 3.05) is 13.1 Å². The van der Waals surface area contributed by atoms with Gasteiger partial charge < -0.3 is 9.80 Å². The summed E-state index contributed by atoms with van der Waals surface area (Å²) in [6.45, 7) is 9.50. The maximum atomic E-state index is 2.74. The minimum Gasteiger partial charge on any atom is -0.356 e. The third-order valence-corrected chi connectivity index (χ3v) is 12.8. The predicted octanol–water partition coefficient (Wildman–Crippen LogP) is 18.6. The van der Waals surface area contributed by atoms with E-state index in [0.717, 1.165) is 0 Å². The highest BCUT2D eigenvalue weighted by atomic mass is 15.4. The average Bonchev–Trinajstić information content (AvgIpc) is 3.57. The molecule has 1 heterocycles. The maximum absolute atomic E-state index is 2.74. The Bertz CT molecular complexity index is 717. The van der Waals surface area contributed by atoms with Gasteiger partial charge in [0.2, 0.25) is 0 Å². The van der Waals surface area contributed by atoms with Gasteiger partial charge >= 0.3 is 0 Å². The van der Waals surface area contributed by atoms with Crippen LogP contribution in [0.15, 0.2) is 12.4 Å². The number of hydrogen-bond donors (Lipinski definition) is 0. The molecule has 0 amide bonds. The van der Waals surface area contributed by atoms with Crippen LogP contribution in [0.2, 0.25) is 0 Å². The first-order chi connectivity index (χ1) is 26.8. The molecule has 1 aliphatic rings. The van der Waals surface area contributed by atoms with E-state index in [-0.39, 0.29) is 0 Å². The second-order valence-corrected chi connectivity index (χ2v) is 18.2. The Balaban J connectivity index is 2.18. The van der Waals surface area contributed by atoms with Crippen molar-refractivity contribution >= 4 is 0 Å². The minimum absolute atomic E-state index is 0.635. The Morgan fingerprint density at radius 2 is 0.426 bits per heavy atom. The maximum Gasteiger partial charge on any atom is 0.101 e. The summed E-state index contributed by atoms with van der Waals surface area (Å²) in [5.41, 5.74) is 0. The lowest BCUT2D eigenvalue weighted by Crippen LogP contribution is -2.39. The van der Waals surface area contributed by atoms with Crippen LogP contribution in [0.5, 0.6) is 0 Å². The first kappa shape index (κ1) is 51.4. The second-order valence-electron chi connectivity index (χ2n) is 18.2. The van der Waals surface area contributed by atoms with Gasteiger partial charge in [0.1, 0.15) is 6.17 Å². The molecule has 0 aromatic heterocycles. The van der Waals surface area contributed by atoms with Crippen LogP contribution in [0.3, 0.4) is 0 Å². The molecule has 1 atom stereocenters. The zero-order valence-electron chi connectivity index (χ0n) is 38.2. The molecule has 0 N–H and O–H groups in total. The molecule has 0 saturated carbocycles. The third-order valence-electron chi connectivity index (χ3n) is 12.8. The molecule has 0 radical (unpaired) electrons. The lowest BCUT2D eigenvalue weighted by atomic mass is 10.0. The summed E-state index contributed by atoms with van der Waals surface area (Å²) >= 11 is 0. The number of hydrogen-bond acceptors (Lipinski definition) is 2. The lowest BCUT2D eigenvalue weighted by Gasteiger charge is -2.33. The molecule has 0 bridgehead atoms. The van der Waals surface area contributed by atoms with Crippen molar-refractivity contribution in [1.82, 2.24) is 9.80 Å². The molecule has 0 aromatic rings. The molecular weight excluding hydrogens is 653 g/mol. The van der Waals surface area contributed by atoms with Crippen LogP contribution >= 0.6 is 0 Å². The Morgan fingerprint density at radius 1 is 0.241 bits per heavy atom. The van der Waals surface area contributed by atoms with E-state index in [4.69, 9.17) is 0 Å². The summed E-state index contributed by atoms with van der Waals surface area (Å²) in [4.78, 5) is 5.49. The van der Waals surface area contributed by atoms with Gasteiger partial charge in [-0.05, 0) is 25.7 Å². The Morgan fingerprint density at radius 3 is 0.648 bits per heavy atom. The van der Waals surface area contributed by atoms with E-state index in [0.29, 0.717) is 6.17 Å². The Labute approximate surface area is 343 Å². The third kappa shape index (κ3) is 34.6. The molecule has 54 heavy (non-hydrogen) atoms. The predicted molar refractivity (Wildman–Crippen MR) is 247 cm³/mol. The molecule has 1 unspecified atom stereocenters. The van der Waals surface area contributed by atoms with Crippen molar-refractivity contribution in [3.05, 3.63) is 12.4 Å². The van der Waals surface area contributed by atoms with Crippen molar-refractivity contribution in [2.45, 2.75) is 309 Å². The molecule has 0 spiro atoms. The summed E-state index contributed by atoms with van der Waals surface area (Å²) < 4.78 is 0. The average molecular weight is 757 g/mol. The van der Waals surface area contributed by atoms with Crippen molar-refractivity contribution in [3.8, 4) is 0 Å². The fraction of sp³-hybridized carbons (Fsp3) is 0.962. The lowest BCUT2D eigenvalue weighted by molar-refractivity contribution is 0.135. The largest absolute Gasteiger partial charge is 0.356 e. The molecular formula is C52H104N2. The smallest absolute Gasteiger partial charge is 0.101 e. The van der Waals surface area contributed by atoms with Gasteiger partial charge in [-0.2, -0.15) is 0 Å². The van der Waals surface area contributed by atoms with Crippen LogP contribution in [-0.2, 0) is 0 Å². The standard InChI is InChI=1S/C52H104N2/c1-4-7-10-13-16-19-22-25-27-28-29-31-34-37-40-43-46-49-54-51-50-53(48-45-42-39-36-33-30-26-23-20-17-14-11-8-5-2)52(54)47-44-41-38-35-32-24-21-18-15-12-9-6-3/h50-52H,4-49H2,1-3H3. The Hall–Kier alpha value is -0.660. The van der Waals surface area contributed by atoms with Crippen LogP contribution in [0.1, 0.15) is 303 Å². The van der Waals surface area contributed by atoms with E-state index < -0.39 is 0 Å². The zero-order chi connectivity index (χ0) is 38.7. The van der Waals surface area contributed by atoms with Gasteiger partial charge in [0.05, 0.1) is 0 Å². The van der Waals surface area contributed by atoms with Gasteiger partial charge in [-0.25, -0.2) is 0 Å². The van der Waals surface area contributed by atoms with Gasteiger partial charge in [0, 0.05) is 25.5 Å². The fourth-order valence-electron chi connectivity index (χ4n) is 9.02. The van der Waals surface area contributed by atoms with Gasteiger partial charge in [0.15, 0.2) is 0 Å². The highest BCUT2D eigenvalue weighted by molar-refractivity contribution is 4.97. The molecule has 0 aromatic carbocycles. The first-order valence-corrected chi connectivity index (χ1v) is 26.0. The van der Waals surface area contributed by atoms with Crippen LogP contribution in [0.25, 0.3) is 0 Å². The van der Waals surface area contributed by atoms with Gasteiger partial charge in [-0.3, -0.25) is 0 Å². The van der Waals surface area contributed by atoms with Crippen LogP contribution < -0.4 is 0 Å². The fourth-order valence-corrected chi connectivity index (χ4v) is 9.02. The summed E-state index contributed by atoms with van der Waals surface area (Å²) in [6.07, 6.45) is 69.4. The van der Waals surface area contributed by atoms with E-state index in [1.165, 1.54) is 296 Å². The summed E-state index contributed by atoms with van der Waals surface area (Å²) in [5.74, 6) is 0. The molecule has 0 fully saturated rings. The molecule has 1 aliphatic heterocycles. The van der Waals surface area contributed by atoms with Gasteiger partial charge in [-0.15, -0.1) is 0 Å². The molecule has 322 valence electrons. The van der Waals surface area contributed by atoms with E-state index in [1.54, 1.807) is 0 Å². The Kier molecular flexibility index (Phi) is 41.3. The molecule has 0 saturated heterocycles. The van der Waals surface area contributed by atoms with Crippen molar-refractivity contribution in [3.63, 3.8) is 0 Å². The SMILES string of the molecule is CCCCCCCCCCCCCCCCCCCN1C=CN(CCCCCCCCCCCCCCCC)C1CCCCCCCCCCCCCC.